The number of carbonyl (C=O) groups excluding carboxylic acids is 1. The highest BCUT2D eigenvalue weighted by atomic mass is 16.1. The number of aromatic nitrogens is 4. The zero-order valence-electron chi connectivity index (χ0n) is 8.71. The second-order valence-corrected chi connectivity index (χ2v) is 3.42. The van der Waals surface area contributed by atoms with E-state index in [0.717, 1.165) is 5.82 Å². The SMILES string of the molecule is Cn1ccnc1CC(=O)c1nccn1C. The first kappa shape index (κ1) is 9.64. The van der Waals surface area contributed by atoms with Crippen LogP contribution in [-0.2, 0) is 20.5 Å². The summed E-state index contributed by atoms with van der Waals surface area (Å²) in [6.45, 7) is 0. The molecule has 5 nitrogen and oxygen atoms in total. The summed E-state index contributed by atoms with van der Waals surface area (Å²) in [4.78, 5) is 19.9. The lowest BCUT2D eigenvalue weighted by Gasteiger charge is -2.01. The number of carbonyl (C=O) groups is 1. The van der Waals surface area contributed by atoms with Crippen molar-refractivity contribution in [3.8, 4) is 0 Å². The number of hydrogen-bond acceptors (Lipinski definition) is 3. The maximum atomic E-state index is 11.8. The van der Waals surface area contributed by atoms with Crippen LogP contribution in [0.5, 0.6) is 0 Å². The van der Waals surface area contributed by atoms with Crippen LogP contribution in [0.2, 0.25) is 0 Å². The third-order valence-corrected chi connectivity index (χ3v) is 2.31. The summed E-state index contributed by atoms with van der Waals surface area (Å²) in [7, 11) is 3.67. The molecule has 0 N–H and O–H groups in total. The summed E-state index contributed by atoms with van der Waals surface area (Å²) in [5.41, 5.74) is 0. The monoisotopic (exact) mass is 204 g/mol. The van der Waals surface area contributed by atoms with Gasteiger partial charge in [0.05, 0.1) is 6.42 Å². The van der Waals surface area contributed by atoms with Crippen molar-refractivity contribution in [2.45, 2.75) is 6.42 Å². The highest BCUT2D eigenvalue weighted by Crippen LogP contribution is 2.03. The zero-order chi connectivity index (χ0) is 10.8. The molecule has 0 aliphatic carbocycles. The van der Waals surface area contributed by atoms with Gasteiger partial charge in [0.15, 0.2) is 5.82 Å². The van der Waals surface area contributed by atoms with Gasteiger partial charge in [-0.2, -0.15) is 0 Å². The van der Waals surface area contributed by atoms with Crippen LogP contribution in [0.4, 0.5) is 0 Å². The normalized spacial score (nSPS) is 10.5. The molecule has 78 valence electrons. The molecule has 0 amide bonds. The standard InChI is InChI=1S/C10H12N4O/c1-13-5-3-11-9(13)7-8(15)10-12-4-6-14(10)2/h3-6H,7H2,1-2H3. The van der Waals surface area contributed by atoms with Gasteiger partial charge in [-0.25, -0.2) is 9.97 Å². The van der Waals surface area contributed by atoms with Crippen LogP contribution >= 0.6 is 0 Å². The maximum absolute atomic E-state index is 11.8. The Morgan fingerprint density at radius 1 is 1.20 bits per heavy atom. The Hall–Kier alpha value is -1.91. The largest absolute Gasteiger partial charge is 0.338 e. The fourth-order valence-electron chi connectivity index (χ4n) is 1.42. The molecule has 5 heteroatoms. The van der Waals surface area contributed by atoms with Crippen LogP contribution in [-0.4, -0.2) is 24.9 Å². The lowest BCUT2D eigenvalue weighted by atomic mass is 10.2. The molecule has 2 heterocycles. The Bertz CT molecular complexity index is 483. The molecule has 0 unspecified atom stereocenters. The van der Waals surface area contributed by atoms with Crippen LogP contribution in [0.25, 0.3) is 0 Å². The quantitative estimate of drug-likeness (QED) is 0.687. The Balaban J connectivity index is 2.18. The number of rotatable bonds is 3. The Labute approximate surface area is 87.4 Å². The number of hydrogen-bond donors (Lipinski definition) is 0. The predicted molar refractivity (Wildman–Crippen MR) is 54.5 cm³/mol. The molecule has 0 bridgehead atoms. The van der Waals surface area contributed by atoms with Crippen LogP contribution in [0, 0.1) is 0 Å². The van der Waals surface area contributed by atoms with Gasteiger partial charge in [0.2, 0.25) is 5.78 Å². The van der Waals surface area contributed by atoms with Crippen molar-refractivity contribution in [2.24, 2.45) is 14.1 Å². The molecule has 0 radical (unpaired) electrons. The Kier molecular flexibility index (Phi) is 2.37. The minimum absolute atomic E-state index is 0.0169. The van der Waals surface area contributed by atoms with E-state index >= 15 is 0 Å². The molecule has 15 heavy (non-hydrogen) atoms. The lowest BCUT2D eigenvalue weighted by molar-refractivity contribution is 0.0977. The van der Waals surface area contributed by atoms with E-state index in [1.54, 1.807) is 30.2 Å². The summed E-state index contributed by atoms with van der Waals surface area (Å²) >= 11 is 0. The van der Waals surface area contributed by atoms with Crippen LogP contribution in [0.3, 0.4) is 0 Å². The summed E-state index contributed by atoms with van der Waals surface area (Å²) in [6.07, 6.45) is 7.16. The van der Waals surface area contributed by atoms with Gasteiger partial charge in [0, 0.05) is 38.9 Å². The molecule has 0 saturated heterocycles. The van der Waals surface area contributed by atoms with Crippen molar-refractivity contribution in [3.05, 3.63) is 36.4 Å². The van der Waals surface area contributed by atoms with Gasteiger partial charge in [0.1, 0.15) is 5.82 Å². The van der Waals surface area contributed by atoms with E-state index in [9.17, 15) is 4.79 Å². The molecule has 0 atom stereocenters. The molecule has 0 fully saturated rings. The van der Waals surface area contributed by atoms with Crippen molar-refractivity contribution in [1.82, 2.24) is 19.1 Å². The van der Waals surface area contributed by atoms with Crippen molar-refractivity contribution < 1.29 is 4.79 Å². The van der Waals surface area contributed by atoms with Crippen molar-refractivity contribution >= 4 is 5.78 Å². The molecule has 0 aliphatic rings. The second kappa shape index (κ2) is 3.68. The van der Waals surface area contributed by atoms with Gasteiger partial charge in [-0.1, -0.05) is 0 Å². The molecular formula is C10H12N4O. The van der Waals surface area contributed by atoms with Crippen LogP contribution < -0.4 is 0 Å². The fraction of sp³-hybridized carbons (Fsp3) is 0.300. The minimum Gasteiger partial charge on any atom is -0.338 e. The van der Waals surface area contributed by atoms with Crippen LogP contribution in [0.1, 0.15) is 16.4 Å². The van der Waals surface area contributed by atoms with Gasteiger partial charge >= 0.3 is 0 Å². The minimum atomic E-state index is -0.0169. The predicted octanol–water partition coefficient (Wildman–Crippen LogP) is 0.579. The summed E-state index contributed by atoms with van der Waals surface area (Å²) in [6, 6.07) is 0. The van der Waals surface area contributed by atoms with Gasteiger partial charge in [-0.15, -0.1) is 0 Å². The number of ketones is 1. The van der Waals surface area contributed by atoms with Gasteiger partial charge in [-0.3, -0.25) is 4.79 Å². The maximum Gasteiger partial charge on any atom is 0.205 e. The van der Waals surface area contributed by atoms with Gasteiger partial charge < -0.3 is 9.13 Å². The first-order valence-electron chi connectivity index (χ1n) is 4.65. The topological polar surface area (TPSA) is 52.7 Å². The number of aryl methyl sites for hydroxylation is 2. The third kappa shape index (κ3) is 1.81. The zero-order valence-corrected chi connectivity index (χ0v) is 8.71. The Morgan fingerprint density at radius 3 is 2.40 bits per heavy atom. The van der Waals surface area contributed by atoms with Crippen molar-refractivity contribution in [3.63, 3.8) is 0 Å². The van der Waals surface area contributed by atoms with Crippen LogP contribution in [0.15, 0.2) is 24.8 Å². The lowest BCUT2D eigenvalue weighted by Crippen LogP contribution is -2.12. The van der Waals surface area contributed by atoms with E-state index < -0.39 is 0 Å². The van der Waals surface area contributed by atoms with Gasteiger partial charge in [-0.05, 0) is 0 Å². The first-order chi connectivity index (χ1) is 7.18. The molecule has 2 aromatic heterocycles. The second-order valence-electron chi connectivity index (χ2n) is 3.42. The van der Waals surface area contributed by atoms with E-state index in [2.05, 4.69) is 9.97 Å². The number of imidazole rings is 2. The van der Waals surface area contributed by atoms with E-state index in [4.69, 9.17) is 0 Å². The molecule has 0 saturated carbocycles. The number of Topliss-reactive ketones (excluding diaryl/α,β-unsaturated/α-hetero) is 1. The summed E-state index contributed by atoms with van der Waals surface area (Å²) in [5.74, 6) is 1.21. The third-order valence-electron chi connectivity index (χ3n) is 2.31. The highest BCUT2D eigenvalue weighted by Gasteiger charge is 2.13. The number of nitrogens with zero attached hydrogens (tertiary/aromatic N) is 4. The van der Waals surface area contributed by atoms with Crippen molar-refractivity contribution in [2.75, 3.05) is 0 Å². The molecule has 0 aromatic carbocycles. The van der Waals surface area contributed by atoms with E-state index in [1.165, 1.54) is 0 Å². The summed E-state index contributed by atoms with van der Waals surface area (Å²) in [5, 5.41) is 0. The van der Waals surface area contributed by atoms with E-state index in [1.807, 2.05) is 17.8 Å². The highest BCUT2D eigenvalue weighted by molar-refractivity contribution is 5.93. The molecule has 0 spiro atoms. The average Bonchev–Trinajstić information content (AvgIpc) is 2.76. The van der Waals surface area contributed by atoms with Crippen molar-refractivity contribution in [1.29, 1.82) is 0 Å². The van der Waals surface area contributed by atoms with Gasteiger partial charge in [0.25, 0.3) is 0 Å². The Morgan fingerprint density at radius 2 is 1.87 bits per heavy atom. The average molecular weight is 204 g/mol. The molecule has 2 rings (SSSR count). The molecular weight excluding hydrogens is 192 g/mol. The molecule has 0 aliphatic heterocycles. The first-order valence-corrected chi connectivity index (χ1v) is 4.65. The smallest absolute Gasteiger partial charge is 0.205 e. The fourth-order valence-corrected chi connectivity index (χ4v) is 1.42. The van der Waals surface area contributed by atoms with E-state index in [0.29, 0.717) is 5.82 Å². The van der Waals surface area contributed by atoms with E-state index in [-0.39, 0.29) is 12.2 Å². The summed E-state index contributed by atoms with van der Waals surface area (Å²) < 4.78 is 3.55. The molecule has 2 aromatic rings.